The van der Waals surface area contributed by atoms with Crippen molar-refractivity contribution in [1.82, 2.24) is 0 Å². The molecule has 5 atom stereocenters. The number of benzene rings is 1. The van der Waals surface area contributed by atoms with E-state index >= 15 is 0 Å². The molecule has 29 heavy (non-hydrogen) atoms. The minimum absolute atomic E-state index is 0. The second-order valence-electron chi connectivity index (χ2n) is 9.57. The van der Waals surface area contributed by atoms with Crippen LogP contribution in [0.25, 0.3) is 0 Å². The van der Waals surface area contributed by atoms with Crippen LogP contribution in [0.15, 0.2) is 30.3 Å². The molecule has 2 bridgehead atoms. The highest BCUT2D eigenvalue weighted by molar-refractivity contribution is 5.82. The minimum atomic E-state index is -1.52. The first-order valence-corrected chi connectivity index (χ1v) is 11.3. The number of aliphatic hydroxyl groups is 1. The summed E-state index contributed by atoms with van der Waals surface area (Å²) >= 11 is 0. The topological polar surface area (TPSA) is 46.5 Å². The Morgan fingerprint density at radius 3 is 2.34 bits per heavy atom. The highest BCUT2D eigenvalue weighted by Crippen LogP contribution is 2.46. The number of halogens is 1. The van der Waals surface area contributed by atoms with Crippen molar-refractivity contribution in [3.05, 3.63) is 35.9 Å². The average molecular weight is 513 g/mol. The van der Waals surface area contributed by atoms with Gasteiger partial charge in [-0.25, -0.2) is 4.79 Å². The summed E-state index contributed by atoms with van der Waals surface area (Å²) in [7, 11) is 2.29. The maximum atomic E-state index is 13.6. The van der Waals surface area contributed by atoms with Crippen LogP contribution in [0.2, 0.25) is 0 Å². The fraction of sp³-hybridized carbons (Fsp3) is 0.708. The molecule has 2 saturated carbocycles. The van der Waals surface area contributed by atoms with Gasteiger partial charge in [0, 0.05) is 12.3 Å². The maximum Gasteiger partial charge on any atom is 0.343 e. The molecule has 4 unspecified atom stereocenters. The molecule has 1 saturated heterocycles. The van der Waals surface area contributed by atoms with Gasteiger partial charge in [0.15, 0.2) is 11.7 Å². The SMILES string of the molecule is CC[N+]1(C)CC2CC[C@@H]1C2OC(=O)C(O)(c1ccccc1)C1CCCCCC1.[I-]. The molecule has 5 heteroatoms. The molecule has 0 aromatic heterocycles. The number of likely N-dealkylation sites (N-methyl/N-ethyl adjacent to an activating group) is 1. The number of likely N-dealkylation sites (tertiary alicyclic amines) is 1. The lowest BCUT2D eigenvalue weighted by atomic mass is 9.77. The van der Waals surface area contributed by atoms with Crippen molar-refractivity contribution in [1.29, 1.82) is 0 Å². The number of rotatable bonds is 5. The number of ether oxygens (including phenoxy) is 1. The summed E-state index contributed by atoms with van der Waals surface area (Å²) in [6.07, 6.45) is 8.54. The zero-order valence-corrected chi connectivity index (χ0v) is 20.0. The molecule has 1 aromatic rings. The predicted molar refractivity (Wildman–Crippen MR) is 110 cm³/mol. The third-order valence-corrected chi connectivity index (χ3v) is 8.07. The summed E-state index contributed by atoms with van der Waals surface area (Å²) in [5.74, 6) is -0.0267. The number of carbonyl (C=O) groups is 1. The molecular formula is C24H36INO3. The van der Waals surface area contributed by atoms with E-state index in [9.17, 15) is 9.90 Å². The van der Waals surface area contributed by atoms with Crippen LogP contribution in [0.3, 0.4) is 0 Å². The quantitative estimate of drug-likeness (QED) is 0.277. The molecular weight excluding hydrogens is 477 g/mol. The van der Waals surface area contributed by atoms with Crippen LogP contribution in [0.1, 0.15) is 63.9 Å². The first kappa shape index (κ1) is 23.0. The van der Waals surface area contributed by atoms with Gasteiger partial charge in [-0.1, -0.05) is 56.0 Å². The third kappa shape index (κ3) is 4.11. The van der Waals surface area contributed by atoms with Gasteiger partial charge in [0.05, 0.1) is 26.1 Å². The fourth-order valence-electron chi connectivity index (χ4n) is 6.22. The molecule has 0 spiro atoms. The third-order valence-electron chi connectivity index (χ3n) is 8.07. The number of piperidine rings is 1. The highest BCUT2D eigenvalue weighted by Gasteiger charge is 2.59. The molecule has 162 valence electrons. The van der Waals surface area contributed by atoms with Crippen molar-refractivity contribution >= 4 is 5.97 Å². The van der Waals surface area contributed by atoms with E-state index in [1.165, 1.54) is 12.8 Å². The van der Waals surface area contributed by atoms with E-state index in [0.29, 0.717) is 17.5 Å². The number of carbonyl (C=O) groups excluding carboxylic acids is 1. The van der Waals surface area contributed by atoms with Crippen LogP contribution in [0.4, 0.5) is 0 Å². The van der Waals surface area contributed by atoms with Gasteiger partial charge in [0.1, 0.15) is 6.04 Å². The van der Waals surface area contributed by atoms with Crippen molar-refractivity contribution in [2.24, 2.45) is 11.8 Å². The number of hydrogen-bond donors (Lipinski definition) is 1. The second kappa shape index (κ2) is 9.23. The van der Waals surface area contributed by atoms with Crippen LogP contribution in [-0.4, -0.2) is 47.8 Å². The standard InChI is InChI=1S/C24H36NO3.HI/c1-3-25(2)17-18-15-16-21(25)22(18)28-23(26)24(27,20-13-9-6-10-14-20)19-11-7-4-5-8-12-19;/h6,9-10,13-14,18-19,21-22,27H,3-5,7-8,11-12,15-17H2,1-2H3;1H/q+1;/p-1/t18?,21-,22?,24?,25?;/m1./s1. The Morgan fingerprint density at radius 1 is 1.10 bits per heavy atom. The molecule has 2 aliphatic carbocycles. The zero-order chi connectivity index (χ0) is 19.8. The molecule has 3 fully saturated rings. The van der Waals surface area contributed by atoms with E-state index in [4.69, 9.17) is 4.74 Å². The van der Waals surface area contributed by atoms with Crippen molar-refractivity contribution < 1.29 is 43.1 Å². The van der Waals surface area contributed by atoms with Gasteiger partial charge in [-0.05, 0) is 31.7 Å². The van der Waals surface area contributed by atoms with Crippen LogP contribution < -0.4 is 24.0 Å². The first-order valence-electron chi connectivity index (χ1n) is 11.3. The lowest BCUT2D eigenvalue weighted by Crippen LogP contribution is -3.00. The molecule has 4 nitrogen and oxygen atoms in total. The number of hydrogen-bond acceptors (Lipinski definition) is 3. The zero-order valence-electron chi connectivity index (χ0n) is 17.9. The van der Waals surface area contributed by atoms with E-state index < -0.39 is 11.6 Å². The Balaban J connectivity index is 0.00000240. The maximum absolute atomic E-state index is 13.6. The monoisotopic (exact) mass is 513 g/mol. The molecule has 1 aromatic carbocycles. The minimum Gasteiger partial charge on any atom is -1.00 e. The predicted octanol–water partition coefficient (Wildman–Crippen LogP) is 1.02. The summed E-state index contributed by atoms with van der Waals surface area (Å²) in [4.78, 5) is 13.6. The molecule has 1 aliphatic heterocycles. The van der Waals surface area contributed by atoms with Crippen molar-refractivity contribution in [2.45, 2.75) is 76.0 Å². The van der Waals surface area contributed by atoms with Gasteiger partial charge in [-0.15, -0.1) is 0 Å². The van der Waals surface area contributed by atoms with E-state index in [-0.39, 0.29) is 36.0 Å². The van der Waals surface area contributed by atoms with Gasteiger partial charge in [-0.2, -0.15) is 0 Å². The average Bonchev–Trinajstić information content (AvgIpc) is 3.07. The van der Waals surface area contributed by atoms with Crippen LogP contribution in [0.5, 0.6) is 0 Å². The highest BCUT2D eigenvalue weighted by atomic mass is 127. The largest absolute Gasteiger partial charge is 1.00 e. The first-order chi connectivity index (χ1) is 13.5. The molecule has 0 radical (unpaired) electrons. The van der Waals surface area contributed by atoms with Crippen molar-refractivity contribution in [3.8, 4) is 0 Å². The summed E-state index contributed by atoms with van der Waals surface area (Å²) in [5.41, 5.74) is -0.825. The Kier molecular flexibility index (Phi) is 7.32. The molecule has 3 aliphatic rings. The van der Waals surface area contributed by atoms with E-state index in [0.717, 1.165) is 56.1 Å². The van der Waals surface area contributed by atoms with E-state index in [1.54, 1.807) is 0 Å². The summed E-state index contributed by atoms with van der Waals surface area (Å²) < 4.78 is 7.20. The van der Waals surface area contributed by atoms with Gasteiger partial charge < -0.3 is 38.3 Å². The molecule has 1 N–H and O–H groups in total. The van der Waals surface area contributed by atoms with Crippen LogP contribution in [0, 0.1) is 11.8 Å². The smallest absolute Gasteiger partial charge is 0.343 e. The number of esters is 1. The van der Waals surface area contributed by atoms with E-state index in [2.05, 4.69) is 14.0 Å². The Morgan fingerprint density at radius 2 is 1.76 bits per heavy atom. The number of quaternary nitrogens is 1. The fourth-order valence-corrected chi connectivity index (χ4v) is 6.22. The summed E-state index contributed by atoms with van der Waals surface area (Å²) in [6.45, 7) is 4.39. The molecule has 1 heterocycles. The Labute approximate surface area is 192 Å². The summed E-state index contributed by atoms with van der Waals surface area (Å²) in [6, 6.07) is 9.92. The molecule has 4 rings (SSSR count). The van der Waals surface area contributed by atoms with Gasteiger partial charge in [0.25, 0.3) is 0 Å². The van der Waals surface area contributed by atoms with Crippen molar-refractivity contribution in [3.63, 3.8) is 0 Å². The normalized spacial score (nSPS) is 34.1. The Bertz CT molecular complexity index is 691. The van der Waals surface area contributed by atoms with Gasteiger partial charge in [-0.3, -0.25) is 0 Å². The van der Waals surface area contributed by atoms with Crippen LogP contribution in [-0.2, 0) is 15.1 Å². The second-order valence-corrected chi connectivity index (χ2v) is 9.57. The summed E-state index contributed by atoms with van der Waals surface area (Å²) in [5, 5.41) is 11.9. The number of nitrogens with zero attached hydrogens (tertiary/aromatic N) is 1. The van der Waals surface area contributed by atoms with Crippen LogP contribution >= 0.6 is 0 Å². The van der Waals surface area contributed by atoms with E-state index in [1.807, 2.05) is 30.3 Å². The molecule has 0 amide bonds. The number of fused-ring (bicyclic) bond motifs is 2. The lowest BCUT2D eigenvalue weighted by molar-refractivity contribution is -0.925. The lowest BCUT2D eigenvalue weighted by Gasteiger charge is -2.38. The Hall–Kier alpha value is -0.660. The van der Waals surface area contributed by atoms with Gasteiger partial charge in [0.2, 0.25) is 0 Å². The van der Waals surface area contributed by atoms with Gasteiger partial charge >= 0.3 is 5.97 Å². The van der Waals surface area contributed by atoms with Crippen molar-refractivity contribution in [2.75, 3.05) is 20.1 Å².